The van der Waals surface area contributed by atoms with Gasteiger partial charge in [0, 0.05) is 13.6 Å². The third-order valence-corrected chi connectivity index (χ3v) is 2.85. The van der Waals surface area contributed by atoms with Gasteiger partial charge in [-0.15, -0.1) is 0 Å². The van der Waals surface area contributed by atoms with E-state index in [1.54, 1.807) is 31.0 Å². The third-order valence-electron chi connectivity index (χ3n) is 2.85. The first kappa shape index (κ1) is 15.1. The number of halogens is 1. The van der Waals surface area contributed by atoms with Crippen molar-refractivity contribution in [2.24, 2.45) is 0 Å². The standard InChI is InChI=1S/C13H18FN3O2/c1-9(12(18)16-13(19)15-2)17(3)8-10-4-6-11(14)7-5-10/h4-7,9H,8H2,1-3H3,(H2,15,16,18,19)/t9-/m1/s1. The largest absolute Gasteiger partial charge is 0.341 e. The van der Waals surface area contributed by atoms with Crippen molar-refractivity contribution >= 4 is 11.9 Å². The van der Waals surface area contributed by atoms with E-state index < -0.39 is 12.1 Å². The van der Waals surface area contributed by atoms with E-state index in [-0.39, 0.29) is 11.7 Å². The quantitative estimate of drug-likeness (QED) is 0.859. The summed E-state index contributed by atoms with van der Waals surface area (Å²) in [6, 6.07) is 5.07. The van der Waals surface area contributed by atoms with E-state index in [4.69, 9.17) is 0 Å². The molecule has 0 saturated carbocycles. The van der Waals surface area contributed by atoms with Gasteiger partial charge in [0.1, 0.15) is 5.82 Å². The number of amides is 3. The Labute approximate surface area is 111 Å². The highest BCUT2D eigenvalue weighted by atomic mass is 19.1. The van der Waals surface area contributed by atoms with Crippen LogP contribution in [-0.4, -0.2) is 37.0 Å². The van der Waals surface area contributed by atoms with Crippen molar-refractivity contribution in [2.45, 2.75) is 19.5 Å². The van der Waals surface area contributed by atoms with Crippen molar-refractivity contribution in [3.8, 4) is 0 Å². The lowest BCUT2D eigenvalue weighted by Crippen LogP contribution is -2.47. The summed E-state index contributed by atoms with van der Waals surface area (Å²) >= 11 is 0. The Bertz CT molecular complexity index is 448. The first-order chi connectivity index (χ1) is 8.93. The summed E-state index contributed by atoms with van der Waals surface area (Å²) in [6.07, 6.45) is 0. The molecule has 0 aliphatic heterocycles. The number of hydrogen-bond acceptors (Lipinski definition) is 3. The molecule has 0 spiro atoms. The Balaban J connectivity index is 2.56. The van der Waals surface area contributed by atoms with E-state index in [1.165, 1.54) is 19.2 Å². The molecular formula is C13H18FN3O2. The number of nitrogens with one attached hydrogen (secondary N) is 2. The number of hydrogen-bond donors (Lipinski definition) is 2. The van der Waals surface area contributed by atoms with Gasteiger partial charge in [-0.25, -0.2) is 9.18 Å². The van der Waals surface area contributed by atoms with Crippen LogP contribution in [0.25, 0.3) is 0 Å². The van der Waals surface area contributed by atoms with Gasteiger partial charge in [0.15, 0.2) is 0 Å². The van der Waals surface area contributed by atoms with Crippen LogP contribution in [0.5, 0.6) is 0 Å². The lowest BCUT2D eigenvalue weighted by Gasteiger charge is -2.23. The summed E-state index contributed by atoms with van der Waals surface area (Å²) in [5, 5.41) is 4.53. The van der Waals surface area contributed by atoms with Gasteiger partial charge in [-0.3, -0.25) is 15.0 Å². The molecule has 1 atom stereocenters. The Kier molecular flexibility index (Phi) is 5.44. The van der Waals surface area contributed by atoms with Crippen LogP contribution in [0.1, 0.15) is 12.5 Å². The first-order valence-corrected chi connectivity index (χ1v) is 5.91. The molecule has 19 heavy (non-hydrogen) atoms. The molecule has 0 fully saturated rings. The van der Waals surface area contributed by atoms with Gasteiger partial charge < -0.3 is 5.32 Å². The highest BCUT2D eigenvalue weighted by Gasteiger charge is 2.19. The normalized spacial score (nSPS) is 12.1. The number of likely N-dealkylation sites (N-methyl/N-ethyl adjacent to an activating group) is 1. The molecule has 5 nitrogen and oxygen atoms in total. The minimum Gasteiger partial charge on any atom is -0.341 e. The maximum Gasteiger partial charge on any atom is 0.321 e. The predicted molar refractivity (Wildman–Crippen MR) is 69.9 cm³/mol. The van der Waals surface area contributed by atoms with Crippen LogP contribution in [0, 0.1) is 5.82 Å². The fourth-order valence-corrected chi connectivity index (χ4v) is 1.49. The summed E-state index contributed by atoms with van der Waals surface area (Å²) in [6.45, 7) is 2.18. The minimum atomic E-state index is -0.535. The summed E-state index contributed by atoms with van der Waals surface area (Å²) in [5.74, 6) is -0.680. The van der Waals surface area contributed by atoms with Gasteiger partial charge in [0.25, 0.3) is 0 Å². The van der Waals surface area contributed by atoms with E-state index >= 15 is 0 Å². The average molecular weight is 267 g/mol. The molecular weight excluding hydrogens is 249 g/mol. The smallest absolute Gasteiger partial charge is 0.321 e. The van der Waals surface area contributed by atoms with Crippen LogP contribution in [0.2, 0.25) is 0 Å². The molecule has 1 aromatic rings. The molecule has 1 aromatic carbocycles. The molecule has 0 heterocycles. The Morgan fingerprint density at radius 2 is 1.89 bits per heavy atom. The zero-order valence-corrected chi connectivity index (χ0v) is 11.2. The van der Waals surface area contributed by atoms with Gasteiger partial charge in [0.05, 0.1) is 6.04 Å². The highest BCUT2D eigenvalue weighted by molar-refractivity contribution is 5.96. The third kappa shape index (κ3) is 4.67. The second-order valence-corrected chi connectivity index (χ2v) is 4.29. The van der Waals surface area contributed by atoms with Crippen molar-refractivity contribution < 1.29 is 14.0 Å². The lowest BCUT2D eigenvalue weighted by atomic mass is 10.2. The van der Waals surface area contributed by atoms with Crippen LogP contribution in [-0.2, 0) is 11.3 Å². The fourth-order valence-electron chi connectivity index (χ4n) is 1.49. The van der Waals surface area contributed by atoms with Crippen LogP contribution < -0.4 is 10.6 Å². The number of nitrogens with zero attached hydrogens (tertiary/aromatic N) is 1. The molecule has 3 amide bonds. The molecule has 0 radical (unpaired) electrons. The molecule has 0 aliphatic carbocycles. The maximum absolute atomic E-state index is 12.8. The zero-order valence-electron chi connectivity index (χ0n) is 11.2. The van der Waals surface area contributed by atoms with Crippen LogP contribution >= 0.6 is 0 Å². The van der Waals surface area contributed by atoms with Crippen molar-refractivity contribution in [3.63, 3.8) is 0 Å². The minimum absolute atomic E-state index is 0.295. The summed E-state index contributed by atoms with van der Waals surface area (Å²) in [4.78, 5) is 24.5. The number of imide groups is 1. The topological polar surface area (TPSA) is 61.4 Å². The van der Waals surface area contributed by atoms with Gasteiger partial charge in [0.2, 0.25) is 5.91 Å². The number of carbonyl (C=O) groups is 2. The summed E-state index contributed by atoms with van der Waals surface area (Å²) in [7, 11) is 3.20. The Morgan fingerprint density at radius 3 is 2.42 bits per heavy atom. The van der Waals surface area contributed by atoms with E-state index in [0.29, 0.717) is 6.54 Å². The molecule has 6 heteroatoms. The Hall–Kier alpha value is -1.95. The van der Waals surface area contributed by atoms with Crippen LogP contribution in [0.3, 0.4) is 0 Å². The zero-order chi connectivity index (χ0) is 14.4. The second kappa shape index (κ2) is 6.84. The fraction of sp³-hybridized carbons (Fsp3) is 0.385. The van der Waals surface area contributed by atoms with E-state index in [1.807, 2.05) is 0 Å². The molecule has 0 unspecified atom stereocenters. The van der Waals surface area contributed by atoms with Gasteiger partial charge in [-0.2, -0.15) is 0 Å². The average Bonchev–Trinajstić information content (AvgIpc) is 2.40. The SMILES string of the molecule is CNC(=O)NC(=O)[C@@H](C)N(C)Cc1ccc(F)cc1. The second-order valence-electron chi connectivity index (χ2n) is 4.29. The number of carbonyl (C=O) groups excluding carboxylic acids is 2. The van der Waals surface area contributed by atoms with E-state index in [0.717, 1.165) is 5.56 Å². The Morgan fingerprint density at radius 1 is 1.32 bits per heavy atom. The molecule has 0 bridgehead atoms. The molecule has 104 valence electrons. The predicted octanol–water partition coefficient (Wildman–Crippen LogP) is 1.10. The van der Waals surface area contributed by atoms with Crippen molar-refractivity contribution in [3.05, 3.63) is 35.6 Å². The summed E-state index contributed by atoms with van der Waals surface area (Å²) in [5.41, 5.74) is 0.892. The number of benzene rings is 1. The number of rotatable bonds is 4. The van der Waals surface area contributed by atoms with Crippen molar-refractivity contribution in [1.82, 2.24) is 15.5 Å². The maximum atomic E-state index is 12.8. The van der Waals surface area contributed by atoms with Crippen LogP contribution in [0.15, 0.2) is 24.3 Å². The monoisotopic (exact) mass is 267 g/mol. The van der Waals surface area contributed by atoms with E-state index in [2.05, 4.69) is 10.6 Å². The number of urea groups is 1. The molecule has 0 saturated heterocycles. The van der Waals surface area contributed by atoms with Crippen LogP contribution in [0.4, 0.5) is 9.18 Å². The van der Waals surface area contributed by atoms with Gasteiger partial charge >= 0.3 is 6.03 Å². The summed E-state index contributed by atoms with van der Waals surface area (Å²) < 4.78 is 12.8. The first-order valence-electron chi connectivity index (χ1n) is 5.91. The van der Waals surface area contributed by atoms with Crippen molar-refractivity contribution in [1.29, 1.82) is 0 Å². The lowest BCUT2D eigenvalue weighted by molar-refractivity contribution is -0.124. The highest BCUT2D eigenvalue weighted by Crippen LogP contribution is 2.07. The molecule has 0 aliphatic rings. The molecule has 1 rings (SSSR count). The molecule has 2 N–H and O–H groups in total. The van der Waals surface area contributed by atoms with Crippen molar-refractivity contribution in [2.75, 3.05) is 14.1 Å². The van der Waals surface area contributed by atoms with E-state index in [9.17, 15) is 14.0 Å². The molecule has 0 aromatic heterocycles. The van der Waals surface area contributed by atoms with Gasteiger partial charge in [-0.05, 0) is 31.7 Å². The van der Waals surface area contributed by atoms with Gasteiger partial charge in [-0.1, -0.05) is 12.1 Å².